The van der Waals surface area contributed by atoms with Gasteiger partial charge in [-0.3, -0.25) is 9.59 Å². The molecule has 1 unspecified atom stereocenters. The summed E-state index contributed by atoms with van der Waals surface area (Å²) < 4.78 is 10.1. The van der Waals surface area contributed by atoms with E-state index < -0.39 is 11.9 Å². The maximum atomic E-state index is 11.8. The second-order valence-electron chi connectivity index (χ2n) is 4.26. The molecule has 1 aromatic rings. The summed E-state index contributed by atoms with van der Waals surface area (Å²) in [5, 5.41) is 8.91. The van der Waals surface area contributed by atoms with Crippen molar-refractivity contribution in [2.75, 3.05) is 13.7 Å². The van der Waals surface area contributed by atoms with E-state index in [9.17, 15) is 9.59 Å². The highest BCUT2D eigenvalue weighted by Gasteiger charge is 2.26. The van der Waals surface area contributed by atoms with Crippen LogP contribution in [-0.4, -0.2) is 25.5 Å². The molecular weight excluding hydrogens is 258 g/mol. The maximum absolute atomic E-state index is 11.8. The molecule has 0 aliphatic rings. The van der Waals surface area contributed by atoms with Gasteiger partial charge in [0, 0.05) is 0 Å². The minimum atomic E-state index is -0.877. The molecule has 1 aromatic carbocycles. The van der Waals surface area contributed by atoms with Crippen LogP contribution in [0.1, 0.15) is 25.0 Å². The molecule has 0 spiro atoms. The van der Waals surface area contributed by atoms with Gasteiger partial charge in [-0.15, -0.1) is 0 Å². The predicted octanol–water partition coefficient (Wildman–Crippen LogP) is 1.88. The van der Waals surface area contributed by atoms with Crippen molar-refractivity contribution in [1.82, 2.24) is 0 Å². The standard InChI is InChI=1S/C15H17NO4/c1-4-20-15(18)13(10(2)17)8-12-7-11(9-16)5-6-14(12)19-3/h5-7,13H,4,8H2,1-3H3. The summed E-state index contributed by atoms with van der Waals surface area (Å²) >= 11 is 0. The Hall–Kier alpha value is -2.35. The molecule has 0 saturated carbocycles. The van der Waals surface area contributed by atoms with E-state index in [0.717, 1.165) is 0 Å². The molecule has 0 aliphatic carbocycles. The number of hydrogen-bond donors (Lipinski definition) is 0. The van der Waals surface area contributed by atoms with Crippen molar-refractivity contribution >= 4 is 11.8 Å². The summed E-state index contributed by atoms with van der Waals surface area (Å²) in [5.41, 5.74) is 1.09. The van der Waals surface area contributed by atoms with Crippen molar-refractivity contribution in [3.05, 3.63) is 29.3 Å². The first kappa shape index (κ1) is 15.7. The normalized spacial score (nSPS) is 11.3. The fraction of sp³-hybridized carbons (Fsp3) is 0.400. The number of ketones is 1. The zero-order chi connectivity index (χ0) is 15.1. The SMILES string of the molecule is CCOC(=O)C(Cc1cc(C#N)ccc1OC)C(C)=O. The number of hydrogen-bond acceptors (Lipinski definition) is 5. The third-order valence-corrected chi connectivity index (χ3v) is 2.90. The topological polar surface area (TPSA) is 76.4 Å². The molecule has 0 saturated heterocycles. The Morgan fingerprint density at radius 3 is 2.60 bits per heavy atom. The van der Waals surface area contributed by atoms with Crippen LogP contribution < -0.4 is 4.74 Å². The number of nitriles is 1. The number of methoxy groups -OCH3 is 1. The Labute approximate surface area is 118 Å². The van der Waals surface area contributed by atoms with Gasteiger partial charge in [0.25, 0.3) is 0 Å². The third kappa shape index (κ3) is 3.82. The van der Waals surface area contributed by atoms with Crippen molar-refractivity contribution in [2.24, 2.45) is 5.92 Å². The monoisotopic (exact) mass is 275 g/mol. The van der Waals surface area contributed by atoms with E-state index in [1.54, 1.807) is 25.1 Å². The van der Waals surface area contributed by atoms with Gasteiger partial charge < -0.3 is 9.47 Å². The Bertz CT molecular complexity index is 545. The fourth-order valence-corrected chi connectivity index (χ4v) is 1.86. The molecule has 0 N–H and O–H groups in total. The lowest BCUT2D eigenvalue weighted by atomic mass is 9.94. The molecule has 20 heavy (non-hydrogen) atoms. The second-order valence-corrected chi connectivity index (χ2v) is 4.26. The molecule has 106 valence electrons. The highest BCUT2D eigenvalue weighted by Crippen LogP contribution is 2.23. The van der Waals surface area contributed by atoms with Crippen LogP contribution in [-0.2, 0) is 20.7 Å². The van der Waals surface area contributed by atoms with Gasteiger partial charge in [-0.1, -0.05) is 0 Å². The minimum Gasteiger partial charge on any atom is -0.496 e. The number of rotatable bonds is 6. The van der Waals surface area contributed by atoms with Gasteiger partial charge in [0.1, 0.15) is 17.5 Å². The molecule has 5 nitrogen and oxygen atoms in total. The summed E-state index contributed by atoms with van der Waals surface area (Å²) in [6.45, 7) is 3.26. The lowest BCUT2D eigenvalue weighted by Gasteiger charge is -2.15. The first-order chi connectivity index (χ1) is 9.53. The quantitative estimate of drug-likeness (QED) is 0.585. The van der Waals surface area contributed by atoms with Crippen LogP contribution in [0.2, 0.25) is 0 Å². The Kier molecular flexibility index (Phi) is 5.73. The molecule has 0 fully saturated rings. The number of carbonyl (C=O) groups is 2. The smallest absolute Gasteiger partial charge is 0.316 e. The van der Waals surface area contributed by atoms with Crippen molar-refractivity contribution in [1.29, 1.82) is 5.26 Å². The van der Waals surface area contributed by atoms with E-state index in [1.807, 2.05) is 6.07 Å². The van der Waals surface area contributed by atoms with Gasteiger partial charge >= 0.3 is 5.97 Å². The minimum absolute atomic E-state index is 0.160. The Balaban J connectivity index is 3.07. The molecule has 0 radical (unpaired) electrons. The number of carbonyl (C=O) groups excluding carboxylic acids is 2. The van der Waals surface area contributed by atoms with Gasteiger partial charge in [-0.05, 0) is 44.0 Å². The third-order valence-electron chi connectivity index (χ3n) is 2.90. The van der Waals surface area contributed by atoms with E-state index in [4.69, 9.17) is 14.7 Å². The Morgan fingerprint density at radius 1 is 1.40 bits per heavy atom. The van der Waals surface area contributed by atoms with Crippen molar-refractivity contribution in [3.63, 3.8) is 0 Å². The van der Waals surface area contributed by atoms with Gasteiger partial charge in [0.05, 0.1) is 25.3 Å². The predicted molar refractivity (Wildman–Crippen MR) is 72.2 cm³/mol. The summed E-state index contributed by atoms with van der Waals surface area (Å²) in [4.78, 5) is 23.4. The maximum Gasteiger partial charge on any atom is 0.316 e. The molecule has 5 heteroatoms. The zero-order valence-corrected chi connectivity index (χ0v) is 11.8. The molecule has 0 heterocycles. The van der Waals surface area contributed by atoms with Crippen LogP contribution in [0.4, 0.5) is 0 Å². The van der Waals surface area contributed by atoms with E-state index in [2.05, 4.69) is 0 Å². The lowest BCUT2D eigenvalue weighted by molar-refractivity contribution is -0.151. The molecule has 0 aliphatic heterocycles. The van der Waals surface area contributed by atoms with Crippen LogP contribution in [0, 0.1) is 17.2 Å². The van der Waals surface area contributed by atoms with Crippen LogP contribution in [0.25, 0.3) is 0 Å². The number of esters is 1. The summed E-state index contributed by atoms with van der Waals surface area (Å²) in [6.07, 6.45) is 0.160. The van der Waals surface area contributed by atoms with Gasteiger partial charge in [-0.2, -0.15) is 5.26 Å². The molecule has 1 atom stereocenters. The van der Waals surface area contributed by atoms with E-state index in [1.165, 1.54) is 14.0 Å². The van der Waals surface area contributed by atoms with E-state index in [-0.39, 0.29) is 18.8 Å². The van der Waals surface area contributed by atoms with Crippen molar-refractivity contribution in [3.8, 4) is 11.8 Å². The number of Topliss-reactive ketones (excluding diaryl/α,β-unsaturated/α-hetero) is 1. The summed E-state index contributed by atoms with van der Waals surface area (Å²) in [7, 11) is 1.50. The largest absolute Gasteiger partial charge is 0.496 e. The second kappa shape index (κ2) is 7.29. The van der Waals surface area contributed by atoms with Gasteiger partial charge in [0.15, 0.2) is 0 Å². The first-order valence-electron chi connectivity index (χ1n) is 6.27. The van der Waals surface area contributed by atoms with Crippen LogP contribution >= 0.6 is 0 Å². The number of nitrogens with zero attached hydrogens (tertiary/aromatic N) is 1. The number of benzene rings is 1. The average Bonchev–Trinajstić information content (AvgIpc) is 2.44. The lowest BCUT2D eigenvalue weighted by Crippen LogP contribution is -2.26. The highest BCUT2D eigenvalue weighted by molar-refractivity contribution is 5.98. The van der Waals surface area contributed by atoms with Crippen molar-refractivity contribution < 1.29 is 19.1 Å². The molecule has 0 aromatic heterocycles. The first-order valence-corrected chi connectivity index (χ1v) is 6.27. The molecular formula is C15H17NO4. The fourth-order valence-electron chi connectivity index (χ4n) is 1.86. The van der Waals surface area contributed by atoms with E-state index in [0.29, 0.717) is 16.9 Å². The molecule has 0 bridgehead atoms. The highest BCUT2D eigenvalue weighted by atomic mass is 16.5. The number of ether oxygens (including phenoxy) is 2. The molecule has 0 amide bonds. The average molecular weight is 275 g/mol. The Morgan fingerprint density at radius 2 is 2.10 bits per heavy atom. The van der Waals surface area contributed by atoms with Crippen LogP contribution in [0.15, 0.2) is 18.2 Å². The van der Waals surface area contributed by atoms with Crippen LogP contribution in [0.3, 0.4) is 0 Å². The molecule has 1 rings (SSSR count). The summed E-state index contributed by atoms with van der Waals surface area (Å²) in [6, 6.07) is 6.91. The van der Waals surface area contributed by atoms with Crippen LogP contribution in [0.5, 0.6) is 5.75 Å². The van der Waals surface area contributed by atoms with E-state index >= 15 is 0 Å². The summed E-state index contributed by atoms with van der Waals surface area (Å²) in [5.74, 6) is -1.16. The van der Waals surface area contributed by atoms with Crippen molar-refractivity contribution in [2.45, 2.75) is 20.3 Å². The van der Waals surface area contributed by atoms with Gasteiger partial charge in [-0.25, -0.2) is 0 Å². The zero-order valence-electron chi connectivity index (χ0n) is 11.8. The van der Waals surface area contributed by atoms with Gasteiger partial charge in [0.2, 0.25) is 0 Å².